The Morgan fingerprint density at radius 2 is 2.29 bits per heavy atom. The summed E-state index contributed by atoms with van der Waals surface area (Å²) in [6.07, 6.45) is 1.65. The Bertz CT molecular complexity index is 361. The van der Waals surface area contributed by atoms with Gasteiger partial charge in [-0.2, -0.15) is 5.10 Å². The van der Waals surface area contributed by atoms with Gasteiger partial charge < -0.3 is 5.11 Å². The lowest BCUT2D eigenvalue weighted by Gasteiger charge is -2.12. The summed E-state index contributed by atoms with van der Waals surface area (Å²) in [6, 6.07) is 6.63. The Morgan fingerprint density at radius 3 is 2.86 bits per heavy atom. The summed E-state index contributed by atoms with van der Waals surface area (Å²) in [6.45, 7) is 1.80. The minimum Gasteiger partial charge on any atom is -0.478 e. The van der Waals surface area contributed by atoms with Crippen molar-refractivity contribution in [1.82, 2.24) is 0 Å². The van der Waals surface area contributed by atoms with Gasteiger partial charge >= 0.3 is 5.97 Å². The van der Waals surface area contributed by atoms with Crippen molar-refractivity contribution in [2.75, 3.05) is 12.1 Å². The van der Waals surface area contributed by atoms with E-state index < -0.39 is 5.97 Å². The third kappa shape index (κ3) is 2.32. The van der Waals surface area contributed by atoms with Gasteiger partial charge in [-0.05, 0) is 25.1 Å². The SMILES string of the molecule is C/C=N\N(C)c1cccc(C(=O)O)c1. The zero-order chi connectivity index (χ0) is 10.6. The zero-order valence-electron chi connectivity index (χ0n) is 8.14. The fourth-order valence-electron chi connectivity index (χ4n) is 1.08. The van der Waals surface area contributed by atoms with Crippen LogP contribution in [0.2, 0.25) is 0 Å². The monoisotopic (exact) mass is 192 g/mol. The van der Waals surface area contributed by atoms with Crippen LogP contribution in [0.25, 0.3) is 0 Å². The number of carboxylic acid groups (broad SMARTS) is 1. The predicted octanol–water partition coefficient (Wildman–Crippen LogP) is 1.83. The Morgan fingerprint density at radius 1 is 1.57 bits per heavy atom. The molecule has 0 radical (unpaired) electrons. The molecule has 1 aromatic carbocycles. The molecule has 0 aliphatic carbocycles. The Labute approximate surface area is 82.5 Å². The summed E-state index contributed by atoms with van der Waals surface area (Å²) in [5.74, 6) is -0.930. The average Bonchev–Trinajstić information content (AvgIpc) is 2.18. The van der Waals surface area contributed by atoms with E-state index in [0.29, 0.717) is 0 Å². The molecule has 74 valence electrons. The van der Waals surface area contributed by atoms with Gasteiger partial charge in [0.05, 0.1) is 11.3 Å². The molecule has 0 spiro atoms. The summed E-state index contributed by atoms with van der Waals surface area (Å²) < 4.78 is 0. The molecule has 0 saturated heterocycles. The lowest BCUT2D eigenvalue weighted by Crippen LogP contribution is -2.09. The van der Waals surface area contributed by atoms with Gasteiger partial charge in [-0.15, -0.1) is 0 Å². The molecule has 4 heteroatoms. The Balaban J connectivity index is 2.99. The van der Waals surface area contributed by atoms with Crippen LogP contribution >= 0.6 is 0 Å². The van der Waals surface area contributed by atoms with Crippen LogP contribution in [0.15, 0.2) is 29.4 Å². The molecule has 0 atom stereocenters. The first-order chi connectivity index (χ1) is 6.65. The molecule has 0 saturated carbocycles. The van der Waals surface area contributed by atoms with Crippen LogP contribution in [0, 0.1) is 0 Å². The number of anilines is 1. The minimum absolute atomic E-state index is 0.264. The summed E-state index contributed by atoms with van der Waals surface area (Å²) in [4.78, 5) is 10.7. The smallest absolute Gasteiger partial charge is 0.335 e. The molecule has 0 amide bonds. The van der Waals surface area contributed by atoms with Crippen molar-refractivity contribution >= 4 is 17.9 Å². The van der Waals surface area contributed by atoms with E-state index in [0.717, 1.165) is 5.69 Å². The predicted molar refractivity (Wildman–Crippen MR) is 56.0 cm³/mol. The lowest BCUT2D eigenvalue weighted by atomic mass is 10.2. The van der Waals surface area contributed by atoms with Crippen molar-refractivity contribution in [3.63, 3.8) is 0 Å². The average molecular weight is 192 g/mol. The highest BCUT2D eigenvalue weighted by Crippen LogP contribution is 2.14. The van der Waals surface area contributed by atoms with E-state index in [2.05, 4.69) is 5.10 Å². The first-order valence-electron chi connectivity index (χ1n) is 4.21. The first kappa shape index (κ1) is 10.2. The largest absolute Gasteiger partial charge is 0.478 e. The van der Waals surface area contributed by atoms with Gasteiger partial charge in [0.1, 0.15) is 0 Å². The van der Waals surface area contributed by atoms with Crippen LogP contribution in [-0.4, -0.2) is 24.3 Å². The van der Waals surface area contributed by atoms with E-state index in [1.165, 1.54) is 0 Å². The molecule has 14 heavy (non-hydrogen) atoms. The minimum atomic E-state index is -0.930. The number of aromatic carboxylic acids is 1. The fraction of sp³-hybridized carbons (Fsp3) is 0.200. The second-order valence-corrected chi connectivity index (χ2v) is 2.75. The first-order valence-corrected chi connectivity index (χ1v) is 4.21. The lowest BCUT2D eigenvalue weighted by molar-refractivity contribution is 0.0697. The third-order valence-corrected chi connectivity index (χ3v) is 1.76. The van der Waals surface area contributed by atoms with Crippen LogP contribution < -0.4 is 5.01 Å². The molecule has 4 nitrogen and oxygen atoms in total. The van der Waals surface area contributed by atoms with Gasteiger partial charge in [0.25, 0.3) is 0 Å². The van der Waals surface area contributed by atoms with Crippen molar-refractivity contribution in [2.24, 2.45) is 5.10 Å². The van der Waals surface area contributed by atoms with Crippen LogP contribution in [0.5, 0.6) is 0 Å². The van der Waals surface area contributed by atoms with Gasteiger partial charge in [-0.3, -0.25) is 5.01 Å². The molecule has 0 fully saturated rings. The summed E-state index contributed by atoms with van der Waals surface area (Å²) in [5.41, 5.74) is 1.02. The number of rotatable bonds is 3. The molecular weight excluding hydrogens is 180 g/mol. The van der Waals surface area contributed by atoms with Gasteiger partial charge in [-0.1, -0.05) is 6.07 Å². The maximum atomic E-state index is 10.7. The molecule has 0 aliphatic rings. The van der Waals surface area contributed by atoms with E-state index in [1.54, 1.807) is 49.5 Å². The van der Waals surface area contributed by atoms with E-state index in [-0.39, 0.29) is 5.56 Å². The Kier molecular flexibility index (Phi) is 3.23. The van der Waals surface area contributed by atoms with Crippen LogP contribution in [0.3, 0.4) is 0 Å². The van der Waals surface area contributed by atoms with E-state index in [9.17, 15) is 4.79 Å². The second kappa shape index (κ2) is 4.41. The van der Waals surface area contributed by atoms with Gasteiger partial charge in [0, 0.05) is 13.3 Å². The van der Waals surface area contributed by atoms with Crippen molar-refractivity contribution in [1.29, 1.82) is 0 Å². The van der Waals surface area contributed by atoms with Gasteiger partial charge in [0.2, 0.25) is 0 Å². The highest BCUT2D eigenvalue weighted by atomic mass is 16.4. The molecular formula is C10H12N2O2. The summed E-state index contributed by atoms with van der Waals surface area (Å²) >= 11 is 0. The van der Waals surface area contributed by atoms with E-state index >= 15 is 0 Å². The maximum absolute atomic E-state index is 10.7. The highest BCUT2D eigenvalue weighted by Gasteiger charge is 2.04. The number of hydrogen-bond acceptors (Lipinski definition) is 3. The maximum Gasteiger partial charge on any atom is 0.335 e. The standard InChI is InChI=1S/C10H12N2O2/c1-3-11-12(2)9-6-4-5-8(7-9)10(13)14/h3-7H,1-2H3,(H,13,14)/b11-3-. The number of hydrazone groups is 1. The molecule has 0 heterocycles. The van der Waals surface area contributed by atoms with Crippen molar-refractivity contribution in [3.8, 4) is 0 Å². The summed E-state index contributed by atoms with van der Waals surface area (Å²) in [5, 5.41) is 14.4. The topological polar surface area (TPSA) is 52.9 Å². The molecule has 0 unspecified atom stereocenters. The van der Waals surface area contributed by atoms with Crippen LogP contribution in [-0.2, 0) is 0 Å². The summed E-state index contributed by atoms with van der Waals surface area (Å²) in [7, 11) is 1.76. The quantitative estimate of drug-likeness (QED) is 0.587. The van der Waals surface area contributed by atoms with Crippen molar-refractivity contribution < 1.29 is 9.90 Å². The molecule has 1 rings (SSSR count). The van der Waals surface area contributed by atoms with Gasteiger partial charge in [-0.25, -0.2) is 4.79 Å². The fourth-order valence-corrected chi connectivity index (χ4v) is 1.08. The molecule has 0 bridgehead atoms. The van der Waals surface area contributed by atoms with Gasteiger partial charge in [0.15, 0.2) is 0 Å². The number of benzene rings is 1. The van der Waals surface area contributed by atoms with E-state index in [1.807, 2.05) is 0 Å². The molecule has 1 N–H and O–H groups in total. The molecule has 0 aliphatic heterocycles. The number of carboxylic acids is 1. The van der Waals surface area contributed by atoms with Crippen LogP contribution in [0.4, 0.5) is 5.69 Å². The number of hydrogen-bond donors (Lipinski definition) is 1. The zero-order valence-corrected chi connectivity index (χ0v) is 8.14. The van der Waals surface area contributed by atoms with E-state index in [4.69, 9.17) is 5.11 Å². The second-order valence-electron chi connectivity index (χ2n) is 2.75. The highest BCUT2D eigenvalue weighted by molar-refractivity contribution is 5.88. The molecule has 1 aromatic rings. The Hall–Kier alpha value is -1.84. The molecule has 0 aromatic heterocycles. The number of carbonyl (C=O) groups is 1. The van der Waals surface area contributed by atoms with Crippen molar-refractivity contribution in [2.45, 2.75) is 6.92 Å². The van der Waals surface area contributed by atoms with Crippen LogP contribution in [0.1, 0.15) is 17.3 Å². The van der Waals surface area contributed by atoms with Crippen molar-refractivity contribution in [3.05, 3.63) is 29.8 Å². The third-order valence-electron chi connectivity index (χ3n) is 1.76. The number of nitrogens with zero attached hydrogens (tertiary/aromatic N) is 2. The normalized spacial score (nSPS) is 10.4.